The molecule has 0 bridgehead atoms. The molecule has 0 saturated heterocycles. The van der Waals surface area contributed by atoms with Crippen LogP contribution in [0.25, 0.3) is 10.9 Å². The Morgan fingerprint density at radius 3 is 3.17 bits per heavy atom. The van der Waals surface area contributed by atoms with Gasteiger partial charge in [-0.1, -0.05) is 6.07 Å². The van der Waals surface area contributed by atoms with Crippen LogP contribution in [-0.4, -0.2) is 33.9 Å². The third-order valence-electron chi connectivity index (χ3n) is 3.34. The number of aliphatic hydroxyl groups excluding tert-OH is 1. The molecule has 1 heterocycles. The second kappa shape index (κ2) is 4.42. The van der Waals surface area contributed by atoms with Crippen LogP contribution in [0.5, 0.6) is 0 Å². The Labute approximate surface area is 104 Å². The normalized spacial score (nSPS) is 16.7. The minimum Gasteiger partial charge on any atom is -0.391 e. The van der Waals surface area contributed by atoms with Gasteiger partial charge in [-0.05, 0) is 30.9 Å². The molecule has 3 rings (SSSR count). The lowest BCUT2D eigenvalue weighted by Crippen LogP contribution is -2.33. The summed E-state index contributed by atoms with van der Waals surface area (Å²) in [5.74, 6) is 0.214. The summed E-state index contributed by atoms with van der Waals surface area (Å²) in [6, 6.07) is 5.38. The molecule has 1 aliphatic rings. The Hall–Kier alpha value is -1.88. The Morgan fingerprint density at radius 1 is 1.56 bits per heavy atom. The van der Waals surface area contributed by atoms with E-state index in [1.54, 1.807) is 18.3 Å². The number of H-pyrrole nitrogens is 1. The number of benzene rings is 1. The maximum absolute atomic E-state index is 11.9. The highest BCUT2D eigenvalue weighted by Gasteiger charge is 2.29. The molecule has 0 aliphatic heterocycles. The molecule has 1 fully saturated rings. The van der Waals surface area contributed by atoms with Gasteiger partial charge in [0.1, 0.15) is 0 Å². The van der Waals surface area contributed by atoms with Gasteiger partial charge in [0.25, 0.3) is 5.91 Å². The molecule has 1 atom stereocenters. The zero-order valence-corrected chi connectivity index (χ0v) is 9.89. The minimum absolute atomic E-state index is 0.161. The Bertz CT molecular complexity index is 574. The van der Waals surface area contributed by atoms with Crippen molar-refractivity contribution in [3.05, 3.63) is 30.0 Å². The number of aromatic nitrogens is 2. The van der Waals surface area contributed by atoms with Gasteiger partial charge in [-0.25, -0.2) is 0 Å². The molecule has 5 heteroatoms. The molecular weight excluding hydrogens is 230 g/mol. The maximum atomic E-state index is 11.9. The van der Waals surface area contributed by atoms with Crippen molar-refractivity contribution in [2.24, 2.45) is 5.92 Å². The Morgan fingerprint density at radius 2 is 2.39 bits per heavy atom. The van der Waals surface area contributed by atoms with E-state index in [1.807, 2.05) is 6.07 Å². The van der Waals surface area contributed by atoms with E-state index in [0.29, 0.717) is 18.0 Å². The maximum Gasteiger partial charge on any atom is 0.251 e. The summed E-state index contributed by atoms with van der Waals surface area (Å²) in [7, 11) is 0. The standard InChI is InChI=1S/C13H15N3O2/c17-12(8-1-2-8)7-14-13(18)9-3-4-10-6-15-16-11(10)5-9/h3-6,8,12,17H,1-2,7H2,(H,14,18)(H,15,16). The van der Waals surface area contributed by atoms with Crippen LogP contribution in [0.15, 0.2) is 24.4 Å². The first-order chi connectivity index (χ1) is 8.74. The molecular formula is C13H15N3O2. The number of carbonyl (C=O) groups excluding carboxylic acids is 1. The van der Waals surface area contributed by atoms with Gasteiger partial charge in [0.2, 0.25) is 0 Å². The fourth-order valence-electron chi connectivity index (χ4n) is 2.03. The van der Waals surface area contributed by atoms with E-state index in [0.717, 1.165) is 23.7 Å². The van der Waals surface area contributed by atoms with Gasteiger partial charge < -0.3 is 10.4 Å². The predicted octanol–water partition coefficient (Wildman–Crippen LogP) is 1.06. The Balaban J connectivity index is 1.66. The lowest BCUT2D eigenvalue weighted by atomic mass is 10.1. The fourth-order valence-corrected chi connectivity index (χ4v) is 2.03. The molecule has 0 radical (unpaired) electrons. The first-order valence-corrected chi connectivity index (χ1v) is 6.13. The second-order valence-electron chi connectivity index (χ2n) is 4.79. The molecule has 3 N–H and O–H groups in total. The van der Waals surface area contributed by atoms with E-state index in [-0.39, 0.29) is 5.91 Å². The van der Waals surface area contributed by atoms with Crippen LogP contribution in [0.4, 0.5) is 0 Å². The van der Waals surface area contributed by atoms with Gasteiger partial charge in [0, 0.05) is 17.5 Å². The molecule has 1 aromatic heterocycles. The van der Waals surface area contributed by atoms with Crippen molar-refractivity contribution in [3.63, 3.8) is 0 Å². The third-order valence-corrected chi connectivity index (χ3v) is 3.34. The van der Waals surface area contributed by atoms with Crippen LogP contribution in [0.1, 0.15) is 23.2 Å². The van der Waals surface area contributed by atoms with E-state index >= 15 is 0 Å². The van der Waals surface area contributed by atoms with E-state index in [4.69, 9.17) is 0 Å². The van der Waals surface area contributed by atoms with Crippen molar-refractivity contribution < 1.29 is 9.90 Å². The predicted molar refractivity (Wildman–Crippen MR) is 67.2 cm³/mol. The van der Waals surface area contributed by atoms with Gasteiger partial charge in [-0.3, -0.25) is 9.89 Å². The molecule has 1 amide bonds. The van der Waals surface area contributed by atoms with Crippen LogP contribution >= 0.6 is 0 Å². The number of nitrogens with zero attached hydrogens (tertiary/aromatic N) is 1. The molecule has 18 heavy (non-hydrogen) atoms. The number of fused-ring (bicyclic) bond motifs is 1. The number of hydrogen-bond acceptors (Lipinski definition) is 3. The summed E-state index contributed by atoms with van der Waals surface area (Å²) in [4.78, 5) is 11.9. The molecule has 1 saturated carbocycles. The van der Waals surface area contributed by atoms with Gasteiger partial charge in [-0.2, -0.15) is 5.10 Å². The highest BCUT2D eigenvalue weighted by molar-refractivity contribution is 5.97. The molecule has 2 aromatic rings. The number of hydrogen-bond donors (Lipinski definition) is 3. The van der Waals surface area contributed by atoms with Crippen LogP contribution in [0.2, 0.25) is 0 Å². The molecule has 5 nitrogen and oxygen atoms in total. The summed E-state index contributed by atoms with van der Waals surface area (Å²) in [5.41, 5.74) is 1.42. The van der Waals surface area contributed by atoms with E-state index < -0.39 is 6.10 Å². The zero-order valence-electron chi connectivity index (χ0n) is 9.89. The Kier molecular flexibility index (Phi) is 2.76. The van der Waals surface area contributed by atoms with Crippen molar-refractivity contribution in [2.75, 3.05) is 6.54 Å². The van der Waals surface area contributed by atoms with Crippen LogP contribution in [-0.2, 0) is 0 Å². The van der Waals surface area contributed by atoms with Gasteiger partial charge in [0.05, 0.1) is 17.8 Å². The first kappa shape index (κ1) is 11.2. The number of rotatable bonds is 4. The summed E-state index contributed by atoms with van der Waals surface area (Å²) < 4.78 is 0. The second-order valence-corrected chi connectivity index (χ2v) is 4.79. The number of nitrogens with one attached hydrogen (secondary N) is 2. The average molecular weight is 245 g/mol. The van der Waals surface area contributed by atoms with Crippen molar-refractivity contribution in [1.82, 2.24) is 15.5 Å². The molecule has 1 aliphatic carbocycles. The summed E-state index contributed by atoms with van der Waals surface area (Å²) in [6.07, 6.45) is 3.44. The van der Waals surface area contributed by atoms with Gasteiger partial charge in [-0.15, -0.1) is 0 Å². The largest absolute Gasteiger partial charge is 0.391 e. The number of aromatic amines is 1. The summed E-state index contributed by atoms with van der Waals surface area (Å²) in [6.45, 7) is 0.324. The van der Waals surface area contributed by atoms with Gasteiger partial charge in [0.15, 0.2) is 0 Å². The van der Waals surface area contributed by atoms with Gasteiger partial charge >= 0.3 is 0 Å². The summed E-state index contributed by atoms with van der Waals surface area (Å²) in [5, 5.41) is 20.2. The lowest BCUT2D eigenvalue weighted by molar-refractivity contribution is 0.0901. The zero-order chi connectivity index (χ0) is 12.5. The highest BCUT2D eigenvalue weighted by atomic mass is 16.3. The fraction of sp³-hybridized carbons (Fsp3) is 0.385. The van der Waals surface area contributed by atoms with E-state index in [1.165, 1.54) is 0 Å². The number of amides is 1. The summed E-state index contributed by atoms with van der Waals surface area (Å²) >= 11 is 0. The topological polar surface area (TPSA) is 78.0 Å². The van der Waals surface area contributed by atoms with Crippen LogP contribution in [0, 0.1) is 5.92 Å². The van der Waals surface area contributed by atoms with Crippen LogP contribution < -0.4 is 5.32 Å². The monoisotopic (exact) mass is 245 g/mol. The molecule has 0 spiro atoms. The average Bonchev–Trinajstić information content (AvgIpc) is 3.13. The third kappa shape index (κ3) is 2.22. The van der Waals surface area contributed by atoms with Crippen molar-refractivity contribution >= 4 is 16.8 Å². The first-order valence-electron chi connectivity index (χ1n) is 6.13. The van der Waals surface area contributed by atoms with E-state index in [2.05, 4.69) is 15.5 Å². The highest BCUT2D eigenvalue weighted by Crippen LogP contribution is 2.32. The number of aliphatic hydroxyl groups is 1. The van der Waals surface area contributed by atoms with Crippen LogP contribution in [0.3, 0.4) is 0 Å². The van der Waals surface area contributed by atoms with Crippen molar-refractivity contribution in [2.45, 2.75) is 18.9 Å². The minimum atomic E-state index is -0.412. The smallest absolute Gasteiger partial charge is 0.251 e. The quantitative estimate of drug-likeness (QED) is 0.753. The van der Waals surface area contributed by atoms with E-state index in [9.17, 15) is 9.90 Å². The molecule has 94 valence electrons. The van der Waals surface area contributed by atoms with Crippen molar-refractivity contribution in [1.29, 1.82) is 0 Å². The SMILES string of the molecule is O=C(NCC(O)C1CC1)c1ccc2cn[nH]c2c1. The van der Waals surface area contributed by atoms with Crippen molar-refractivity contribution in [3.8, 4) is 0 Å². The molecule has 1 aromatic carbocycles. The number of carbonyl (C=O) groups is 1. The lowest BCUT2D eigenvalue weighted by Gasteiger charge is -2.10. The molecule has 1 unspecified atom stereocenters.